The molecule has 1 amide bonds. The van der Waals surface area contributed by atoms with E-state index >= 15 is 0 Å². The summed E-state index contributed by atoms with van der Waals surface area (Å²) in [5.41, 5.74) is 0.539. The van der Waals surface area contributed by atoms with Crippen LogP contribution in [0.15, 0.2) is 36.8 Å². The Bertz CT molecular complexity index is 798. The summed E-state index contributed by atoms with van der Waals surface area (Å²) < 4.78 is 15.0. The second-order valence-corrected chi connectivity index (χ2v) is 4.28. The second-order valence-electron chi connectivity index (χ2n) is 4.28. The molecule has 3 rings (SSSR count). The molecule has 0 bridgehead atoms. The fourth-order valence-electron chi connectivity index (χ4n) is 1.91. The number of rotatable bonds is 2. The molecule has 2 aromatic heterocycles. The normalized spacial score (nSPS) is 10.7. The lowest BCUT2D eigenvalue weighted by molar-refractivity contribution is 0.102. The van der Waals surface area contributed by atoms with E-state index in [4.69, 9.17) is 0 Å². The number of carbonyl (C=O) groups excluding carboxylic acids is 1. The molecule has 20 heavy (non-hydrogen) atoms. The maximum atomic E-state index is 13.5. The van der Waals surface area contributed by atoms with Gasteiger partial charge in [-0.05, 0) is 18.2 Å². The van der Waals surface area contributed by atoms with Crippen LogP contribution in [-0.4, -0.2) is 25.9 Å². The number of aryl methyl sites for hydroxylation is 1. The smallest absolute Gasteiger partial charge is 0.277 e. The number of carbonyl (C=O) groups is 1. The molecule has 0 saturated heterocycles. The van der Waals surface area contributed by atoms with Gasteiger partial charge >= 0.3 is 0 Å². The van der Waals surface area contributed by atoms with Crippen LogP contribution < -0.4 is 5.32 Å². The molecule has 3 aromatic rings. The highest BCUT2D eigenvalue weighted by molar-refractivity contribution is 6.07. The maximum Gasteiger partial charge on any atom is 0.277 e. The van der Waals surface area contributed by atoms with E-state index in [0.717, 1.165) is 0 Å². The zero-order valence-electron chi connectivity index (χ0n) is 10.5. The Hall–Kier alpha value is -2.83. The number of nitrogens with one attached hydrogen (secondary N) is 1. The summed E-state index contributed by atoms with van der Waals surface area (Å²) in [7, 11) is 1.66. The van der Waals surface area contributed by atoms with Gasteiger partial charge in [0.1, 0.15) is 5.82 Å². The molecule has 0 fully saturated rings. The Morgan fingerprint density at radius 3 is 3.00 bits per heavy atom. The van der Waals surface area contributed by atoms with Crippen LogP contribution in [0.4, 0.5) is 10.1 Å². The Labute approximate surface area is 113 Å². The third kappa shape index (κ3) is 2.20. The fraction of sp³-hybridized carbons (Fsp3) is 0.0769. The molecule has 1 N–H and O–H groups in total. The predicted molar refractivity (Wildman–Crippen MR) is 70.7 cm³/mol. The quantitative estimate of drug-likeness (QED) is 0.770. The van der Waals surface area contributed by atoms with Crippen molar-refractivity contribution < 1.29 is 9.18 Å². The summed E-state index contributed by atoms with van der Waals surface area (Å²) in [5, 5.41) is 11.3. The van der Waals surface area contributed by atoms with Gasteiger partial charge in [-0.1, -0.05) is 5.21 Å². The highest BCUT2D eigenvalue weighted by Gasteiger charge is 2.12. The van der Waals surface area contributed by atoms with Crippen LogP contribution >= 0.6 is 0 Å². The van der Waals surface area contributed by atoms with Crippen LogP contribution in [0.25, 0.3) is 10.8 Å². The number of pyridine rings is 1. The molecule has 0 aliphatic carbocycles. The summed E-state index contributed by atoms with van der Waals surface area (Å²) >= 11 is 0. The first-order valence-electron chi connectivity index (χ1n) is 5.84. The molecule has 0 spiro atoms. The number of amides is 1. The Morgan fingerprint density at radius 1 is 1.40 bits per heavy atom. The first-order chi connectivity index (χ1) is 9.63. The molecule has 7 heteroatoms. The van der Waals surface area contributed by atoms with Crippen molar-refractivity contribution in [3.8, 4) is 0 Å². The molecule has 0 aliphatic heterocycles. The number of hydrogen-bond donors (Lipinski definition) is 1. The van der Waals surface area contributed by atoms with E-state index in [-0.39, 0.29) is 5.69 Å². The summed E-state index contributed by atoms with van der Waals surface area (Å²) in [4.78, 5) is 15.9. The standard InChI is InChI=1S/C13H10FN5O/c1-19-7-12(17-18-19)13(20)16-11-5-9(14)4-8-6-15-3-2-10(8)11/h2-7H,1H3,(H,16,20). The van der Waals surface area contributed by atoms with E-state index in [1.54, 1.807) is 19.3 Å². The molecule has 100 valence electrons. The Kier molecular flexibility index (Phi) is 2.86. The van der Waals surface area contributed by atoms with Crippen molar-refractivity contribution in [2.24, 2.45) is 7.05 Å². The van der Waals surface area contributed by atoms with Crippen molar-refractivity contribution in [3.63, 3.8) is 0 Å². The van der Waals surface area contributed by atoms with E-state index in [1.165, 1.54) is 29.2 Å². The first-order valence-corrected chi connectivity index (χ1v) is 5.84. The molecule has 0 atom stereocenters. The van der Waals surface area contributed by atoms with Crippen LogP contribution in [0.1, 0.15) is 10.5 Å². The van der Waals surface area contributed by atoms with Crippen LogP contribution in [-0.2, 0) is 7.05 Å². The van der Waals surface area contributed by atoms with Crippen LogP contribution in [0.3, 0.4) is 0 Å². The lowest BCUT2D eigenvalue weighted by Crippen LogP contribution is -2.13. The maximum absolute atomic E-state index is 13.5. The van der Waals surface area contributed by atoms with Gasteiger partial charge < -0.3 is 5.32 Å². The number of hydrogen-bond acceptors (Lipinski definition) is 4. The summed E-state index contributed by atoms with van der Waals surface area (Å²) in [6.45, 7) is 0. The van der Waals surface area contributed by atoms with Crippen LogP contribution in [0.2, 0.25) is 0 Å². The fourth-order valence-corrected chi connectivity index (χ4v) is 1.91. The summed E-state index contributed by atoms with van der Waals surface area (Å²) in [6.07, 6.45) is 4.60. The van der Waals surface area contributed by atoms with Crippen LogP contribution in [0, 0.1) is 5.82 Å². The van der Waals surface area contributed by atoms with Gasteiger partial charge in [-0.2, -0.15) is 0 Å². The van der Waals surface area contributed by atoms with Crippen LogP contribution in [0.5, 0.6) is 0 Å². The van der Waals surface area contributed by atoms with Gasteiger partial charge in [0, 0.05) is 30.2 Å². The molecule has 6 nitrogen and oxygen atoms in total. The molecular formula is C13H10FN5O. The van der Waals surface area contributed by atoms with Crippen molar-refractivity contribution in [2.45, 2.75) is 0 Å². The largest absolute Gasteiger partial charge is 0.320 e. The third-order valence-electron chi connectivity index (χ3n) is 2.80. The van der Waals surface area contributed by atoms with Crippen molar-refractivity contribution >= 4 is 22.4 Å². The SMILES string of the molecule is Cn1cc(C(=O)Nc2cc(F)cc3cnccc23)nn1. The van der Waals surface area contributed by atoms with Crippen molar-refractivity contribution in [1.29, 1.82) is 0 Å². The molecule has 0 unspecified atom stereocenters. The van der Waals surface area contributed by atoms with Crippen molar-refractivity contribution in [1.82, 2.24) is 20.0 Å². The Balaban J connectivity index is 2.00. The summed E-state index contributed by atoms with van der Waals surface area (Å²) in [6, 6.07) is 4.33. The molecule has 2 heterocycles. The Morgan fingerprint density at radius 2 is 2.25 bits per heavy atom. The third-order valence-corrected chi connectivity index (χ3v) is 2.80. The van der Waals surface area contributed by atoms with Gasteiger partial charge in [0.25, 0.3) is 5.91 Å². The van der Waals surface area contributed by atoms with Crippen molar-refractivity contribution in [2.75, 3.05) is 5.32 Å². The zero-order chi connectivity index (χ0) is 14.1. The zero-order valence-corrected chi connectivity index (χ0v) is 10.5. The minimum Gasteiger partial charge on any atom is -0.320 e. The van der Waals surface area contributed by atoms with Crippen molar-refractivity contribution in [3.05, 3.63) is 48.3 Å². The molecule has 0 radical (unpaired) electrons. The van der Waals surface area contributed by atoms with Gasteiger partial charge in [-0.25, -0.2) is 4.39 Å². The minimum absolute atomic E-state index is 0.166. The highest BCUT2D eigenvalue weighted by Crippen LogP contribution is 2.24. The lowest BCUT2D eigenvalue weighted by atomic mass is 10.1. The molecule has 0 saturated carbocycles. The van der Waals surface area contributed by atoms with Gasteiger partial charge in [0.15, 0.2) is 5.69 Å². The molecular weight excluding hydrogens is 261 g/mol. The molecule has 1 aromatic carbocycles. The van der Waals surface area contributed by atoms with E-state index < -0.39 is 11.7 Å². The number of anilines is 1. The highest BCUT2D eigenvalue weighted by atomic mass is 19.1. The first kappa shape index (κ1) is 12.2. The minimum atomic E-state index is -0.444. The van der Waals surface area contributed by atoms with E-state index in [0.29, 0.717) is 16.5 Å². The van der Waals surface area contributed by atoms with Gasteiger partial charge in [-0.15, -0.1) is 5.10 Å². The number of fused-ring (bicyclic) bond motifs is 1. The summed E-state index contributed by atoms with van der Waals surface area (Å²) in [5.74, 6) is -0.887. The number of benzene rings is 1. The van der Waals surface area contributed by atoms with E-state index in [9.17, 15) is 9.18 Å². The number of nitrogens with zero attached hydrogens (tertiary/aromatic N) is 4. The second kappa shape index (κ2) is 4.69. The van der Waals surface area contributed by atoms with E-state index in [2.05, 4.69) is 20.6 Å². The van der Waals surface area contributed by atoms with Gasteiger partial charge in [0.2, 0.25) is 0 Å². The topological polar surface area (TPSA) is 72.7 Å². The number of aromatic nitrogens is 4. The average Bonchev–Trinajstić information content (AvgIpc) is 2.85. The molecule has 0 aliphatic rings. The van der Waals surface area contributed by atoms with E-state index in [1.807, 2.05) is 0 Å². The van der Waals surface area contributed by atoms with Gasteiger partial charge in [0.05, 0.1) is 11.9 Å². The lowest BCUT2D eigenvalue weighted by Gasteiger charge is -2.07. The van der Waals surface area contributed by atoms with Gasteiger partial charge in [-0.3, -0.25) is 14.5 Å². The monoisotopic (exact) mass is 271 g/mol. The number of halogens is 1. The average molecular weight is 271 g/mol. The predicted octanol–water partition coefficient (Wildman–Crippen LogP) is 1.75.